The Morgan fingerprint density at radius 1 is 1.00 bits per heavy atom. The fourth-order valence-corrected chi connectivity index (χ4v) is 2.99. The third-order valence-corrected chi connectivity index (χ3v) is 4.36. The summed E-state index contributed by atoms with van der Waals surface area (Å²) >= 11 is 0. The van der Waals surface area contributed by atoms with E-state index in [4.69, 9.17) is 0 Å². The van der Waals surface area contributed by atoms with Crippen LogP contribution in [0.3, 0.4) is 0 Å². The molecule has 4 nitrogen and oxygen atoms in total. The average molecular weight is 291 g/mol. The van der Waals surface area contributed by atoms with Crippen molar-refractivity contribution in [3.63, 3.8) is 0 Å². The molecular weight excluding hydrogens is 274 g/mol. The number of rotatable bonds is 6. The summed E-state index contributed by atoms with van der Waals surface area (Å²) in [5.74, 6) is -0.0582. The lowest BCUT2D eigenvalue weighted by Crippen LogP contribution is -2.25. The third-order valence-electron chi connectivity index (χ3n) is 2.91. The maximum Gasteiger partial charge on any atom is 0.240 e. The predicted molar refractivity (Wildman–Crippen MR) is 78.1 cm³/mol. The van der Waals surface area contributed by atoms with E-state index in [2.05, 4.69) is 4.72 Å². The van der Waals surface area contributed by atoms with Gasteiger partial charge < -0.3 is 5.11 Å². The van der Waals surface area contributed by atoms with E-state index >= 15 is 0 Å². The van der Waals surface area contributed by atoms with Gasteiger partial charge in [-0.05, 0) is 36.6 Å². The third kappa shape index (κ3) is 4.08. The Labute approximate surface area is 119 Å². The molecule has 2 aromatic rings. The first-order chi connectivity index (χ1) is 9.58. The molecule has 0 spiro atoms. The predicted octanol–water partition coefficient (Wildman–Crippen LogP) is 2.30. The van der Waals surface area contributed by atoms with Crippen LogP contribution in [0, 0.1) is 0 Å². The molecule has 0 saturated heterocycles. The SMILES string of the molecule is O=S(=O)(NCCCc1ccccc1)c1cccc(O)c1. The number of phenolic OH excluding ortho intramolecular Hbond substituents is 1. The molecule has 0 fully saturated rings. The molecule has 2 rings (SSSR count). The fraction of sp³-hybridized carbons (Fsp3) is 0.200. The molecule has 0 aliphatic carbocycles. The number of sulfonamides is 1. The van der Waals surface area contributed by atoms with Crippen molar-refractivity contribution in [3.8, 4) is 5.75 Å². The van der Waals surface area contributed by atoms with Gasteiger partial charge in [0.05, 0.1) is 4.90 Å². The van der Waals surface area contributed by atoms with Crippen molar-refractivity contribution in [2.24, 2.45) is 0 Å². The molecule has 2 N–H and O–H groups in total. The summed E-state index contributed by atoms with van der Waals surface area (Å²) in [6, 6.07) is 15.6. The first-order valence-corrected chi connectivity index (χ1v) is 7.89. The van der Waals surface area contributed by atoms with Crippen LogP contribution in [0.4, 0.5) is 0 Å². The molecular formula is C15H17NO3S. The fourth-order valence-electron chi connectivity index (χ4n) is 1.88. The van der Waals surface area contributed by atoms with E-state index in [9.17, 15) is 13.5 Å². The zero-order chi connectivity index (χ0) is 14.4. The highest BCUT2D eigenvalue weighted by Crippen LogP contribution is 2.15. The molecule has 0 radical (unpaired) electrons. The van der Waals surface area contributed by atoms with Gasteiger partial charge in [0.1, 0.15) is 5.75 Å². The number of aryl methyl sites for hydroxylation is 1. The monoisotopic (exact) mass is 291 g/mol. The van der Waals surface area contributed by atoms with Crippen molar-refractivity contribution in [2.75, 3.05) is 6.54 Å². The molecule has 5 heteroatoms. The standard InChI is InChI=1S/C15H17NO3S/c17-14-9-4-10-15(12-14)20(18,19)16-11-5-8-13-6-2-1-3-7-13/h1-4,6-7,9-10,12,16-17H,5,8,11H2. The second-order valence-electron chi connectivity index (χ2n) is 4.48. The lowest BCUT2D eigenvalue weighted by molar-refractivity contribution is 0.473. The number of benzene rings is 2. The van der Waals surface area contributed by atoms with Crippen molar-refractivity contribution in [1.82, 2.24) is 4.72 Å². The van der Waals surface area contributed by atoms with Crippen molar-refractivity contribution in [1.29, 1.82) is 0 Å². The lowest BCUT2D eigenvalue weighted by Gasteiger charge is -2.07. The van der Waals surface area contributed by atoms with E-state index < -0.39 is 10.0 Å². The molecule has 2 aromatic carbocycles. The van der Waals surface area contributed by atoms with Crippen LogP contribution in [-0.2, 0) is 16.4 Å². The Morgan fingerprint density at radius 3 is 2.45 bits per heavy atom. The van der Waals surface area contributed by atoms with Gasteiger partial charge in [0.2, 0.25) is 10.0 Å². The highest BCUT2D eigenvalue weighted by molar-refractivity contribution is 7.89. The smallest absolute Gasteiger partial charge is 0.240 e. The molecule has 0 unspecified atom stereocenters. The molecule has 20 heavy (non-hydrogen) atoms. The van der Waals surface area contributed by atoms with Crippen molar-refractivity contribution < 1.29 is 13.5 Å². The minimum Gasteiger partial charge on any atom is -0.508 e. The van der Waals surface area contributed by atoms with E-state index in [0.29, 0.717) is 6.54 Å². The molecule has 0 atom stereocenters. The number of phenols is 1. The molecule has 106 valence electrons. The summed E-state index contributed by atoms with van der Waals surface area (Å²) in [6.07, 6.45) is 1.55. The van der Waals surface area contributed by atoms with E-state index in [-0.39, 0.29) is 10.6 Å². The lowest BCUT2D eigenvalue weighted by atomic mass is 10.1. The Kier molecular flexibility index (Phi) is 4.76. The quantitative estimate of drug-likeness (QED) is 0.803. The number of aromatic hydroxyl groups is 1. The molecule has 0 saturated carbocycles. The topological polar surface area (TPSA) is 66.4 Å². The summed E-state index contributed by atoms with van der Waals surface area (Å²) in [6.45, 7) is 0.368. The van der Waals surface area contributed by atoms with E-state index in [0.717, 1.165) is 12.8 Å². The van der Waals surface area contributed by atoms with Gasteiger partial charge in [-0.2, -0.15) is 0 Å². The second kappa shape index (κ2) is 6.54. The molecule has 0 aromatic heterocycles. The van der Waals surface area contributed by atoms with Gasteiger partial charge in [0.15, 0.2) is 0 Å². The number of hydrogen-bond donors (Lipinski definition) is 2. The molecule has 0 bridgehead atoms. The summed E-state index contributed by atoms with van der Waals surface area (Å²) in [4.78, 5) is 0.0808. The van der Waals surface area contributed by atoms with Crippen molar-refractivity contribution >= 4 is 10.0 Å². The average Bonchev–Trinajstić information content (AvgIpc) is 2.45. The minimum atomic E-state index is -3.55. The Hall–Kier alpha value is -1.85. The Balaban J connectivity index is 1.87. The van der Waals surface area contributed by atoms with Crippen LogP contribution in [0.5, 0.6) is 5.75 Å². The normalized spacial score (nSPS) is 11.4. The maximum absolute atomic E-state index is 12.0. The highest BCUT2D eigenvalue weighted by Gasteiger charge is 2.13. The summed E-state index contributed by atoms with van der Waals surface area (Å²) in [5, 5.41) is 9.30. The van der Waals surface area contributed by atoms with Crippen LogP contribution in [0.15, 0.2) is 59.5 Å². The van der Waals surface area contributed by atoms with Crippen LogP contribution in [0.2, 0.25) is 0 Å². The molecule has 0 amide bonds. The van der Waals surface area contributed by atoms with Crippen LogP contribution < -0.4 is 4.72 Å². The van der Waals surface area contributed by atoms with Gasteiger partial charge >= 0.3 is 0 Å². The summed E-state index contributed by atoms with van der Waals surface area (Å²) < 4.78 is 26.5. The van der Waals surface area contributed by atoms with Crippen molar-refractivity contribution in [2.45, 2.75) is 17.7 Å². The number of nitrogens with one attached hydrogen (secondary N) is 1. The maximum atomic E-state index is 12.0. The zero-order valence-electron chi connectivity index (χ0n) is 11.0. The highest BCUT2D eigenvalue weighted by atomic mass is 32.2. The van der Waals surface area contributed by atoms with Crippen LogP contribution in [0.25, 0.3) is 0 Å². The molecule has 0 heterocycles. The molecule has 0 aliphatic rings. The van der Waals surface area contributed by atoms with E-state index in [1.807, 2.05) is 30.3 Å². The Morgan fingerprint density at radius 2 is 1.75 bits per heavy atom. The first-order valence-electron chi connectivity index (χ1n) is 6.40. The van der Waals surface area contributed by atoms with Crippen molar-refractivity contribution in [3.05, 3.63) is 60.2 Å². The van der Waals surface area contributed by atoms with Crippen LogP contribution >= 0.6 is 0 Å². The van der Waals surface area contributed by atoms with Gasteiger partial charge in [0.25, 0.3) is 0 Å². The minimum absolute atomic E-state index is 0.0582. The second-order valence-corrected chi connectivity index (χ2v) is 6.25. The van der Waals surface area contributed by atoms with Gasteiger partial charge in [-0.15, -0.1) is 0 Å². The molecule has 0 aliphatic heterocycles. The van der Waals surface area contributed by atoms with Crippen LogP contribution in [-0.4, -0.2) is 20.1 Å². The largest absolute Gasteiger partial charge is 0.508 e. The number of hydrogen-bond acceptors (Lipinski definition) is 3. The van der Waals surface area contributed by atoms with E-state index in [1.54, 1.807) is 0 Å². The summed E-state index contributed by atoms with van der Waals surface area (Å²) in [5.41, 5.74) is 1.18. The first kappa shape index (κ1) is 14.6. The van der Waals surface area contributed by atoms with Gasteiger partial charge in [-0.1, -0.05) is 36.4 Å². The van der Waals surface area contributed by atoms with Gasteiger partial charge in [0, 0.05) is 6.54 Å². The van der Waals surface area contributed by atoms with E-state index in [1.165, 1.54) is 29.8 Å². The van der Waals surface area contributed by atoms with Gasteiger partial charge in [-0.25, -0.2) is 13.1 Å². The van der Waals surface area contributed by atoms with Crippen LogP contribution in [0.1, 0.15) is 12.0 Å². The van der Waals surface area contributed by atoms with Gasteiger partial charge in [-0.3, -0.25) is 0 Å². The summed E-state index contributed by atoms with van der Waals surface area (Å²) in [7, 11) is -3.55. The Bertz CT molecular complexity index is 654. The zero-order valence-corrected chi connectivity index (χ0v) is 11.8.